The van der Waals surface area contributed by atoms with Gasteiger partial charge in [-0.15, -0.1) is 0 Å². The van der Waals surface area contributed by atoms with Crippen LogP contribution in [0.15, 0.2) is 36.7 Å². The Bertz CT molecular complexity index is 631. The SMILES string of the molecule is Cc1c(C)c2cccnc2c2ncccc12.O. The molecule has 0 bridgehead atoms. The number of hydrogen-bond donors (Lipinski definition) is 0. The second kappa shape index (κ2) is 4.11. The third kappa shape index (κ3) is 1.56. The average Bonchev–Trinajstić information content (AvgIpc) is 2.36. The maximum absolute atomic E-state index is 4.45. The lowest BCUT2D eigenvalue weighted by Crippen LogP contribution is -1.91. The second-order valence-corrected chi connectivity index (χ2v) is 4.05. The molecule has 0 aliphatic rings. The van der Waals surface area contributed by atoms with E-state index < -0.39 is 0 Å². The predicted octanol–water partition coefficient (Wildman–Crippen LogP) is 2.58. The van der Waals surface area contributed by atoms with Gasteiger partial charge in [0.1, 0.15) is 0 Å². The van der Waals surface area contributed by atoms with Crippen LogP contribution in [0.2, 0.25) is 0 Å². The molecule has 17 heavy (non-hydrogen) atoms. The van der Waals surface area contributed by atoms with Crippen LogP contribution in [0.4, 0.5) is 0 Å². The lowest BCUT2D eigenvalue weighted by Gasteiger charge is -2.09. The summed E-state index contributed by atoms with van der Waals surface area (Å²) in [5.41, 5.74) is 4.59. The van der Waals surface area contributed by atoms with E-state index in [-0.39, 0.29) is 5.48 Å². The van der Waals surface area contributed by atoms with E-state index >= 15 is 0 Å². The van der Waals surface area contributed by atoms with Gasteiger partial charge in [0.15, 0.2) is 0 Å². The quantitative estimate of drug-likeness (QED) is 0.553. The van der Waals surface area contributed by atoms with Gasteiger partial charge in [-0.2, -0.15) is 0 Å². The van der Waals surface area contributed by atoms with Crippen LogP contribution in [0.5, 0.6) is 0 Å². The summed E-state index contributed by atoms with van der Waals surface area (Å²) in [6.45, 7) is 4.29. The van der Waals surface area contributed by atoms with Gasteiger partial charge in [0, 0.05) is 23.2 Å². The van der Waals surface area contributed by atoms with E-state index in [1.165, 1.54) is 21.9 Å². The van der Waals surface area contributed by atoms with E-state index in [1.807, 2.05) is 24.5 Å². The minimum atomic E-state index is 0. The van der Waals surface area contributed by atoms with Crippen molar-refractivity contribution in [1.82, 2.24) is 9.97 Å². The van der Waals surface area contributed by atoms with Crippen LogP contribution in [-0.2, 0) is 0 Å². The summed E-state index contributed by atoms with van der Waals surface area (Å²) in [7, 11) is 0. The van der Waals surface area contributed by atoms with Crippen LogP contribution in [0.25, 0.3) is 21.8 Å². The third-order valence-electron chi connectivity index (χ3n) is 3.21. The Morgan fingerprint density at radius 1 is 0.765 bits per heavy atom. The molecular weight excluding hydrogens is 212 g/mol. The molecule has 0 aliphatic heterocycles. The van der Waals surface area contributed by atoms with Crippen LogP contribution in [0.3, 0.4) is 0 Å². The molecule has 1 aromatic carbocycles. The number of nitrogens with zero attached hydrogens (tertiary/aromatic N) is 2. The fourth-order valence-corrected chi connectivity index (χ4v) is 2.20. The zero-order valence-corrected chi connectivity index (χ0v) is 9.86. The molecular formula is C14H14N2O. The maximum atomic E-state index is 4.45. The highest BCUT2D eigenvalue weighted by Gasteiger charge is 2.08. The van der Waals surface area contributed by atoms with Crippen molar-refractivity contribution in [2.24, 2.45) is 0 Å². The van der Waals surface area contributed by atoms with Gasteiger partial charge in [0.05, 0.1) is 11.0 Å². The summed E-state index contributed by atoms with van der Waals surface area (Å²) in [6, 6.07) is 8.17. The Balaban J connectivity index is 0.00000108. The van der Waals surface area contributed by atoms with Gasteiger partial charge >= 0.3 is 0 Å². The summed E-state index contributed by atoms with van der Waals surface area (Å²) in [4.78, 5) is 8.90. The lowest BCUT2D eigenvalue weighted by molar-refractivity contribution is 0.824. The molecule has 0 spiro atoms. The first-order chi connectivity index (χ1) is 7.79. The molecule has 0 radical (unpaired) electrons. The van der Waals surface area contributed by atoms with E-state index in [9.17, 15) is 0 Å². The fourth-order valence-electron chi connectivity index (χ4n) is 2.20. The molecule has 2 N–H and O–H groups in total. The van der Waals surface area contributed by atoms with Crippen molar-refractivity contribution in [3.8, 4) is 0 Å². The molecule has 3 heteroatoms. The van der Waals surface area contributed by atoms with Gasteiger partial charge in [-0.3, -0.25) is 9.97 Å². The van der Waals surface area contributed by atoms with Gasteiger partial charge in [0.25, 0.3) is 0 Å². The van der Waals surface area contributed by atoms with Crippen molar-refractivity contribution in [2.75, 3.05) is 0 Å². The second-order valence-electron chi connectivity index (χ2n) is 4.05. The topological polar surface area (TPSA) is 57.3 Å². The van der Waals surface area contributed by atoms with Crippen LogP contribution in [-0.4, -0.2) is 15.4 Å². The summed E-state index contributed by atoms with van der Waals surface area (Å²) in [5, 5.41) is 2.40. The van der Waals surface area contributed by atoms with Crippen LogP contribution in [0, 0.1) is 13.8 Å². The van der Waals surface area contributed by atoms with Crippen molar-refractivity contribution in [1.29, 1.82) is 0 Å². The predicted molar refractivity (Wildman–Crippen MR) is 70.1 cm³/mol. The van der Waals surface area contributed by atoms with E-state index in [0.717, 1.165) is 11.0 Å². The first kappa shape index (κ1) is 11.5. The number of aromatic nitrogens is 2. The number of benzene rings is 1. The van der Waals surface area contributed by atoms with Crippen molar-refractivity contribution in [3.05, 3.63) is 47.8 Å². The molecule has 0 amide bonds. The Morgan fingerprint density at radius 2 is 1.18 bits per heavy atom. The van der Waals surface area contributed by atoms with Crippen molar-refractivity contribution < 1.29 is 5.48 Å². The Hall–Kier alpha value is -2.00. The highest BCUT2D eigenvalue weighted by atomic mass is 16.0. The molecule has 0 unspecified atom stereocenters. The Morgan fingerprint density at radius 3 is 1.59 bits per heavy atom. The molecule has 0 aliphatic carbocycles. The first-order valence-corrected chi connectivity index (χ1v) is 5.37. The first-order valence-electron chi connectivity index (χ1n) is 5.37. The van der Waals surface area contributed by atoms with Crippen LogP contribution in [0.1, 0.15) is 11.1 Å². The molecule has 3 aromatic rings. The van der Waals surface area contributed by atoms with E-state index in [1.54, 1.807) is 0 Å². The zero-order valence-electron chi connectivity index (χ0n) is 9.86. The fraction of sp³-hybridized carbons (Fsp3) is 0.143. The van der Waals surface area contributed by atoms with E-state index in [2.05, 4.69) is 35.9 Å². The molecule has 0 saturated heterocycles. The summed E-state index contributed by atoms with van der Waals surface area (Å²) >= 11 is 0. The molecule has 2 heterocycles. The summed E-state index contributed by atoms with van der Waals surface area (Å²) in [5.74, 6) is 0. The molecule has 3 nitrogen and oxygen atoms in total. The van der Waals surface area contributed by atoms with Gasteiger partial charge < -0.3 is 5.48 Å². The van der Waals surface area contributed by atoms with Gasteiger partial charge in [-0.25, -0.2) is 0 Å². The molecule has 0 fully saturated rings. The summed E-state index contributed by atoms with van der Waals surface area (Å²) < 4.78 is 0. The zero-order chi connectivity index (χ0) is 11.1. The van der Waals surface area contributed by atoms with Crippen molar-refractivity contribution in [3.63, 3.8) is 0 Å². The number of pyridine rings is 2. The Labute approximate surface area is 99.4 Å². The van der Waals surface area contributed by atoms with E-state index in [0.29, 0.717) is 0 Å². The average molecular weight is 226 g/mol. The summed E-state index contributed by atoms with van der Waals surface area (Å²) in [6.07, 6.45) is 3.65. The molecule has 86 valence electrons. The molecule has 2 aromatic heterocycles. The van der Waals surface area contributed by atoms with E-state index in [4.69, 9.17) is 0 Å². The minimum absolute atomic E-state index is 0. The van der Waals surface area contributed by atoms with Crippen LogP contribution < -0.4 is 0 Å². The monoisotopic (exact) mass is 226 g/mol. The number of aryl methyl sites for hydroxylation is 2. The standard InChI is InChI=1S/C14H12N2.H2O/c1-9-10(2)12-6-4-8-16-14(12)13-11(9)5-3-7-15-13;/h3-8H,1-2H3;1H2. The minimum Gasteiger partial charge on any atom is -0.412 e. The largest absolute Gasteiger partial charge is 0.412 e. The van der Waals surface area contributed by atoms with Gasteiger partial charge in [-0.05, 0) is 37.1 Å². The van der Waals surface area contributed by atoms with Crippen molar-refractivity contribution >= 4 is 21.8 Å². The molecule has 3 rings (SSSR count). The smallest absolute Gasteiger partial charge is 0.0967 e. The van der Waals surface area contributed by atoms with Gasteiger partial charge in [0.2, 0.25) is 0 Å². The van der Waals surface area contributed by atoms with Crippen molar-refractivity contribution in [2.45, 2.75) is 13.8 Å². The highest BCUT2D eigenvalue weighted by molar-refractivity contribution is 6.06. The Kier molecular flexibility index (Phi) is 2.77. The third-order valence-corrected chi connectivity index (χ3v) is 3.21. The lowest BCUT2D eigenvalue weighted by atomic mass is 9.99. The van der Waals surface area contributed by atoms with Crippen LogP contribution >= 0.6 is 0 Å². The highest BCUT2D eigenvalue weighted by Crippen LogP contribution is 2.28. The number of hydrogen-bond acceptors (Lipinski definition) is 2. The maximum Gasteiger partial charge on any atom is 0.0967 e. The molecule has 0 atom stereocenters. The number of fused-ring (bicyclic) bond motifs is 3. The number of rotatable bonds is 0. The molecule has 0 saturated carbocycles. The van der Waals surface area contributed by atoms with Gasteiger partial charge in [-0.1, -0.05) is 12.1 Å². The normalized spacial score (nSPS) is 10.5.